The van der Waals surface area contributed by atoms with E-state index in [0.717, 1.165) is 17.2 Å². The number of nitrogens with zero attached hydrogens (tertiary/aromatic N) is 3. The molecular formula is C8H10N4. The largest absolute Gasteiger partial charge is 0.387 e. The summed E-state index contributed by atoms with van der Waals surface area (Å²) in [6.07, 6.45) is 1.91. The molecule has 1 N–H and O–H groups in total. The smallest absolute Gasteiger partial charge is 0.155 e. The Balaban J connectivity index is 2.66. The van der Waals surface area contributed by atoms with Crippen LogP contribution < -0.4 is 5.32 Å². The number of pyridine rings is 1. The minimum absolute atomic E-state index is 0.795. The van der Waals surface area contributed by atoms with Crippen LogP contribution in [0.2, 0.25) is 0 Å². The Bertz CT molecular complexity index is 404. The maximum Gasteiger partial charge on any atom is 0.155 e. The van der Waals surface area contributed by atoms with Gasteiger partial charge in [0.15, 0.2) is 5.65 Å². The molecule has 62 valence electrons. The van der Waals surface area contributed by atoms with Gasteiger partial charge < -0.3 is 5.32 Å². The molecule has 0 aliphatic rings. The van der Waals surface area contributed by atoms with E-state index >= 15 is 0 Å². The number of aryl methyl sites for hydroxylation is 1. The zero-order chi connectivity index (χ0) is 8.55. The highest BCUT2D eigenvalue weighted by Gasteiger charge is 1.98. The zero-order valence-corrected chi connectivity index (χ0v) is 7.07. The van der Waals surface area contributed by atoms with Gasteiger partial charge in [-0.05, 0) is 19.1 Å². The van der Waals surface area contributed by atoms with Crippen molar-refractivity contribution in [3.8, 4) is 0 Å². The minimum Gasteiger partial charge on any atom is -0.387 e. The average Bonchev–Trinajstić information content (AvgIpc) is 2.43. The Kier molecular flexibility index (Phi) is 1.46. The van der Waals surface area contributed by atoms with E-state index in [1.165, 1.54) is 0 Å². The van der Waals surface area contributed by atoms with Crippen molar-refractivity contribution in [2.75, 3.05) is 12.4 Å². The normalized spacial score (nSPS) is 10.5. The van der Waals surface area contributed by atoms with Gasteiger partial charge in [-0.2, -0.15) is 5.10 Å². The monoisotopic (exact) mass is 162 g/mol. The van der Waals surface area contributed by atoms with Gasteiger partial charge in [0.05, 0.1) is 11.9 Å². The molecule has 0 atom stereocenters. The van der Waals surface area contributed by atoms with Crippen LogP contribution in [0.25, 0.3) is 5.65 Å². The van der Waals surface area contributed by atoms with Crippen molar-refractivity contribution in [1.82, 2.24) is 14.6 Å². The van der Waals surface area contributed by atoms with Gasteiger partial charge in [-0.1, -0.05) is 0 Å². The third-order valence-electron chi connectivity index (χ3n) is 1.73. The molecule has 4 nitrogen and oxygen atoms in total. The highest BCUT2D eigenvalue weighted by molar-refractivity contribution is 5.48. The van der Waals surface area contributed by atoms with Crippen molar-refractivity contribution in [3.05, 3.63) is 24.2 Å². The lowest BCUT2D eigenvalue weighted by Gasteiger charge is -1.97. The summed E-state index contributed by atoms with van der Waals surface area (Å²) in [6.45, 7) is 1.88. The van der Waals surface area contributed by atoms with E-state index in [1.807, 2.05) is 32.3 Å². The fraction of sp³-hybridized carbons (Fsp3) is 0.250. The number of aromatic nitrogens is 3. The van der Waals surface area contributed by atoms with E-state index in [2.05, 4.69) is 15.4 Å². The first-order valence-electron chi connectivity index (χ1n) is 3.80. The molecule has 0 saturated heterocycles. The van der Waals surface area contributed by atoms with Crippen molar-refractivity contribution in [2.45, 2.75) is 6.92 Å². The lowest BCUT2D eigenvalue weighted by Crippen LogP contribution is -1.92. The summed E-state index contributed by atoms with van der Waals surface area (Å²) in [4.78, 5) is 4.21. The van der Waals surface area contributed by atoms with Gasteiger partial charge in [0.25, 0.3) is 0 Å². The van der Waals surface area contributed by atoms with E-state index < -0.39 is 0 Å². The zero-order valence-electron chi connectivity index (χ0n) is 7.07. The number of fused-ring (bicyclic) bond motifs is 1. The summed E-state index contributed by atoms with van der Waals surface area (Å²) >= 11 is 0. The fourth-order valence-corrected chi connectivity index (χ4v) is 1.14. The van der Waals surface area contributed by atoms with Crippen molar-refractivity contribution < 1.29 is 0 Å². The van der Waals surface area contributed by atoms with Crippen LogP contribution in [0, 0.1) is 6.92 Å². The Morgan fingerprint density at radius 3 is 3.00 bits per heavy atom. The molecule has 0 aliphatic heterocycles. The van der Waals surface area contributed by atoms with Crippen LogP contribution in [0.3, 0.4) is 0 Å². The van der Waals surface area contributed by atoms with E-state index in [1.54, 1.807) is 4.52 Å². The molecule has 0 amide bonds. The first-order valence-corrected chi connectivity index (χ1v) is 3.80. The minimum atomic E-state index is 0.795. The summed E-state index contributed by atoms with van der Waals surface area (Å²) in [6, 6.07) is 3.91. The van der Waals surface area contributed by atoms with Gasteiger partial charge in [0.2, 0.25) is 0 Å². The number of anilines is 1. The SMILES string of the molecule is CNc1ccc2nc(C)nn2c1. The van der Waals surface area contributed by atoms with Gasteiger partial charge in [0.1, 0.15) is 5.82 Å². The second kappa shape index (κ2) is 2.48. The molecule has 0 radical (unpaired) electrons. The summed E-state index contributed by atoms with van der Waals surface area (Å²) in [5, 5.41) is 7.23. The first-order chi connectivity index (χ1) is 5.79. The van der Waals surface area contributed by atoms with Gasteiger partial charge in [-0.25, -0.2) is 9.50 Å². The quantitative estimate of drug-likeness (QED) is 0.682. The second-order valence-corrected chi connectivity index (χ2v) is 2.63. The fourth-order valence-electron chi connectivity index (χ4n) is 1.14. The van der Waals surface area contributed by atoms with Crippen LogP contribution in [0.15, 0.2) is 18.3 Å². The van der Waals surface area contributed by atoms with Crippen molar-refractivity contribution >= 4 is 11.3 Å². The summed E-state index contributed by atoms with van der Waals surface area (Å²) in [7, 11) is 1.88. The van der Waals surface area contributed by atoms with Crippen LogP contribution in [-0.4, -0.2) is 21.6 Å². The van der Waals surface area contributed by atoms with E-state index in [0.29, 0.717) is 0 Å². The van der Waals surface area contributed by atoms with Gasteiger partial charge in [-0.15, -0.1) is 0 Å². The van der Waals surface area contributed by atoms with E-state index in [-0.39, 0.29) is 0 Å². The molecular weight excluding hydrogens is 152 g/mol. The Labute approximate surface area is 70.2 Å². The Morgan fingerprint density at radius 2 is 2.25 bits per heavy atom. The Morgan fingerprint density at radius 1 is 1.42 bits per heavy atom. The molecule has 4 heteroatoms. The first kappa shape index (κ1) is 7.09. The van der Waals surface area contributed by atoms with Crippen LogP contribution in [-0.2, 0) is 0 Å². The standard InChI is InChI=1S/C8H10N4/c1-6-10-8-4-3-7(9-2)5-12(8)11-6/h3-5,9H,1-2H3. The van der Waals surface area contributed by atoms with Crippen LogP contribution in [0.5, 0.6) is 0 Å². The van der Waals surface area contributed by atoms with E-state index in [4.69, 9.17) is 0 Å². The number of rotatable bonds is 1. The highest BCUT2D eigenvalue weighted by Crippen LogP contribution is 2.07. The molecule has 0 bridgehead atoms. The van der Waals surface area contributed by atoms with Crippen LogP contribution in [0.4, 0.5) is 5.69 Å². The molecule has 0 unspecified atom stereocenters. The molecule has 0 aromatic carbocycles. The predicted octanol–water partition coefficient (Wildman–Crippen LogP) is 1.08. The maximum absolute atomic E-state index is 4.21. The van der Waals surface area contributed by atoms with E-state index in [9.17, 15) is 0 Å². The summed E-state index contributed by atoms with van der Waals surface area (Å²) in [5.41, 5.74) is 1.92. The third-order valence-corrected chi connectivity index (χ3v) is 1.73. The molecule has 2 heterocycles. The van der Waals surface area contributed by atoms with Crippen LogP contribution in [0.1, 0.15) is 5.82 Å². The van der Waals surface area contributed by atoms with Gasteiger partial charge >= 0.3 is 0 Å². The maximum atomic E-state index is 4.21. The molecule has 2 rings (SSSR count). The molecule has 12 heavy (non-hydrogen) atoms. The number of hydrogen-bond acceptors (Lipinski definition) is 3. The van der Waals surface area contributed by atoms with Crippen molar-refractivity contribution in [3.63, 3.8) is 0 Å². The van der Waals surface area contributed by atoms with Crippen LogP contribution >= 0.6 is 0 Å². The second-order valence-electron chi connectivity index (χ2n) is 2.63. The van der Waals surface area contributed by atoms with Gasteiger partial charge in [0, 0.05) is 7.05 Å². The van der Waals surface area contributed by atoms with Crippen molar-refractivity contribution in [1.29, 1.82) is 0 Å². The predicted molar refractivity (Wildman–Crippen MR) is 47.3 cm³/mol. The molecule has 2 aromatic rings. The molecule has 0 spiro atoms. The number of hydrogen-bond donors (Lipinski definition) is 1. The highest BCUT2D eigenvalue weighted by atomic mass is 15.3. The molecule has 2 aromatic heterocycles. The molecule has 0 saturated carbocycles. The lowest BCUT2D eigenvalue weighted by atomic mass is 10.4. The summed E-state index contributed by atoms with van der Waals surface area (Å²) in [5.74, 6) is 0.795. The number of nitrogens with one attached hydrogen (secondary N) is 1. The average molecular weight is 162 g/mol. The lowest BCUT2D eigenvalue weighted by molar-refractivity contribution is 0.931. The summed E-state index contributed by atoms with van der Waals surface area (Å²) < 4.78 is 1.77. The topological polar surface area (TPSA) is 42.2 Å². The van der Waals surface area contributed by atoms with Gasteiger partial charge in [-0.3, -0.25) is 0 Å². The third kappa shape index (κ3) is 1.01. The van der Waals surface area contributed by atoms with Crippen molar-refractivity contribution in [2.24, 2.45) is 0 Å². The molecule has 0 aliphatic carbocycles. The Hall–Kier alpha value is -1.58. The molecule has 0 fully saturated rings.